The van der Waals surface area contributed by atoms with Crippen molar-refractivity contribution in [3.8, 4) is 6.07 Å². The second kappa shape index (κ2) is 4.66. The third-order valence-electron chi connectivity index (χ3n) is 2.02. The van der Waals surface area contributed by atoms with Crippen LogP contribution >= 0.6 is 0 Å². The molecule has 0 spiro atoms. The summed E-state index contributed by atoms with van der Waals surface area (Å²) in [5.41, 5.74) is -0.635. The minimum absolute atomic E-state index is 0.00861. The van der Waals surface area contributed by atoms with Gasteiger partial charge in [-0.3, -0.25) is 0 Å². The molecular weight excluding hydrogens is 218 g/mol. The van der Waals surface area contributed by atoms with Crippen molar-refractivity contribution in [2.75, 3.05) is 7.11 Å². The predicted molar refractivity (Wildman–Crippen MR) is 50.0 cm³/mol. The monoisotopic (exact) mass is 226 g/mol. The summed E-state index contributed by atoms with van der Waals surface area (Å²) in [6.07, 6.45) is -2.84. The number of rotatable bonds is 2. The number of methoxy groups -OCH3 is 1. The van der Waals surface area contributed by atoms with E-state index in [1.54, 1.807) is 6.07 Å². The first-order valence-corrected chi connectivity index (χ1v) is 4.29. The van der Waals surface area contributed by atoms with Crippen LogP contribution in [0.4, 0.5) is 8.78 Å². The van der Waals surface area contributed by atoms with E-state index < -0.39 is 18.1 Å². The zero-order valence-corrected chi connectivity index (χ0v) is 8.62. The lowest BCUT2D eigenvalue weighted by atomic mass is 10.1. The summed E-state index contributed by atoms with van der Waals surface area (Å²) in [6.45, 7) is 1.45. The van der Waals surface area contributed by atoms with Gasteiger partial charge < -0.3 is 4.74 Å². The molecule has 1 aromatic heterocycles. The molecule has 1 aromatic rings. The quantitative estimate of drug-likeness (QED) is 0.723. The van der Waals surface area contributed by atoms with E-state index in [1.165, 1.54) is 6.92 Å². The molecule has 0 saturated heterocycles. The maximum atomic E-state index is 12.4. The molecule has 0 radical (unpaired) electrons. The molecule has 0 aliphatic carbocycles. The van der Waals surface area contributed by atoms with E-state index in [4.69, 9.17) is 5.26 Å². The van der Waals surface area contributed by atoms with Crippen LogP contribution in [0.25, 0.3) is 0 Å². The number of carbonyl (C=O) groups excluding carboxylic acids is 1. The average Bonchev–Trinajstić information content (AvgIpc) is 2.28. The maximum absolute atomic E-state index is 12.4. The lowest BCUT2D eigenvalue weighted by molar-refractivity contribution is 0.0591. The number of nitrogens with zero attached hydrogens (tertiary/aromatic N) is 2. The van der Waals surface area contributed by atoms with Gasteiger partial charge in [0.05, 0.1) is 18.7 Å². The Morgan fingerprint density at radius 1 is 1.62 bits per heavy atom. The topological polar surface area (TPSA) is 63.0 Å². The van der Waals surface area contributed by atoms with Crippen LogP contribution in [-0.2, 0) is 4.74 Å². The smallest absolute Gasteiger partial charge is 0.356 e. The summed E-state index contributed by atoms with van der Waals surface area (Å²) < 4.78 is 29.3. The molecule has 0 aliphatic heterocycles. The first-order chi connectivity index (χ1) is 7.51. The van der Waals surface area contributed by atoms with E-state index in [1.807, 2.05) is 0 Å². The highest BCUT2D eigenvalue weighted by Gasteiger charge is 2.19. The Hall–Kier alpha value is -2.03. The largest absolute Gasteiger partial charge is 0.464 e. The van der Waals surface area contributed by atoms with Crippen molar-refractivity contribution in [1.29, 1.82) is 5.26 Å². The second-order valence-electron chi connectivity index (χ2n) is 2.97. The molecule has 0 saturated carbocycles. The van der Waals surface area contributed by atoms with Crippen LogP contribution in [0.1, 0.15) is 33.7 Å². The normalized spacial score (nSPS) is 10.0. The Morgan fingerprint density at radius 3 is 2.69 bits per heavy atom. The van der Waals surface area contributed by atoms with Gasteiger partial charge in [0.1, 0.15) is 5.69 Å². The molecule has 1 heterocycles. The van der Waals surface area contributed by atoms with E-state index >= 15 is 0 Å². The van der Waals surface area contributed by atoms with Crippen LogP contribution in [0.2, 0.25) is 0 Å². The highest BCUT2D eigenvalue weighted by molar-refractivity contribution is 5.89. The fourth-order valence-corrected chi connectivity index (χ4v) is 1.15. The summed E-state index contributed by atoms with van der Waals surface area (Å²) in [5.74, 6) is -0.837. The van der Waals surface area contributed by atoms with Crippen LogP contribution in [0.3, 0.4) is 0 Å². The molecule has 4 nitrogen and oxygen atoms in total. The Bertz CT molecular complexity index is 467. The molecule has 0 bridgehead atoms. The van der Waals surface area contributed by atoms with Crippen molar-refractivity contribution in [3.63, 3.8) is 0 Å². The summed E-state index contributed by atoms with van der Waals surface area (Å²) in [5, 5.41) is 8.73. The third-order valence-corrected chi connectivity index (χ3v) is 2.02. The average molecular weight is 226 g/mol. The van der Waals surface area contributed by atoms with Crippen molar-refractivity contribution in [1.82, 2.24) is 4.98 Å². The highest BCUT2D eigenvalue weighted by atomic mass is 19.3. The number of alkyl halides is 2. The number of hydrogen-bond donors (Lipinski definition) is 0. The van der Waals surface area contributed by atoms with Gasteiger partial charge in [-0.15, -0.1) is 0 Å². The molecule has 0 fully saturated rings. The van der Waals surface area contributed by atoms with E-state index in [0.717, 1.165) is 13.2 Å². The molecular formula is C10H8F2N2O2. The van der Waals surface area contributed by atoms with Gasteiger partial charge in [-0.05, 0) is 18.6 Å². The molecule has 6 heteroatoms. The lowest BCUT2D eigenvalue weighted by Gasteiger charge is -2.07. The number of carbonyl (C=O) groups is 1. The number of hydrogen-bond acceptors (Lipinski definition) is 4. The Labute approximate surface area is 90.5 Å². The molecule has 16 heavy (non-hydrogen) atoms. The standard InChI is InChI=1S/C10H8F2N2O2/c1-5-6(4-13)3-7(9(11)12)14-8(5)10(15)16-2/h3,9H,1-2H3. The second-order valence-corrected chi connectivity index (χ2v) is 2.97. The SMILES string of the molecule is COC(=O)c1nc(C(F)F)cc(C#N)c1C. The molecule has 0 atom stereocenters. The molecule has 0 N–H and O–H groups in total. The summed E-state index contributed by atoms with van der Waals surface area (Å²) in [4.78, 5) is 14.7. The van der Waals surface area contributed by atoms with Crippen molar-refractivity contribution >= 4 is 5.97 Å². The van der Waals surface area contributed by atoms with Gasteiger partial charge in [0.15, 0.2) is 5.69 Å². The molecule has 84 valence electrons. The Kier molecular flexibility index (Phi) is 3.51. The van der Waals surface area contributed by atoms with Gasteiger partial charge in [0.2, 0.25) is 0 Å². The van der Waals surface area contributed by atoms with Gasteiger partial charge >= 0.3 is 5.97 Å². The molecule has 0 aliphatic rings. The Balaban J connectivity index is 3.43. The van der Waals surface area contributed by atoms with E-state index in [9.17, 15) is 13.6 Å². The number of nitriles is 1. The molecule has 0 unspecified atom stereocenters. The van der Waals surface area contributed by atoms with E-state index in [0.29, 0.717) is 0 Å². The molecule has 0 amide bonds. The number of ether oxygens (including phenoxy) is 1. The van der Waals surface area contributed by atoms with E-state index in [-0.39, 0.29) is 16.8 Å². The van der Waals surface area contributed by atoms with Crippen LogP contribution in [0.5, 0.6) is 0 Å². The number of halogens is 2. The molecule has 1 rings (SSSR count). The Morgan fingerprint density at radius 2 is 2.25 bits per heavy atom. The number of esters is 1. The molecule has 0 aromatic carbocycles. The maximum Gasteiger partial charge on any atom is 0.356 e. The summed E-state index contributed by atoms with van der Waals surface area (Å²) in [6, 6.07) is 2.69. The van der Waals surface area contributed by atoms with Crippen LogP contribution < -0.4 is 0 Å². The van der Waals surface area contributed by atoms with Gasteiger partial charge in [-0.2, -0.15) is 5.26 Å². The lowest BCUT2D eigenvalue weighted by Crippen LogP contribution is -2.10. The van der Waals surface area contributed by atoms with E-state index in [2.05, 4.69) is 9.72 Å². The van der Waals surface area contributed by atoms with Crippen LogP contribution in [-0.4, -0.2) is 18.1 Å². The summed E-state index contributed by atoms with van der Waals surface area (Å²) >= 11 is 0. The first-order valence-electron chi connectivity index (χ1n) is 4.29. The first kappa shape index (κ1) is 12.0. The fourth-order valence-electron chi connectivity index (χ4n) is 1.15. The van der Waals surface area contributed by atoms with Crippen molar-refractivity contribution in [3.05, 3.63) is 28.6 Å². The van der Waals surface area contributed by atoms with Gasteiger partial charge in [-0.1, -0.05) is 0 Å². The highest BCUT2D eigenvalue weighted by Crippen LogP contribution is 2.21. The van der Waals surface area contributed by atoms with Crippen LogP contribution in [0.15, 0.2) is 6.07 Å². The van der Waals surface area contributed by atoms with Crippen molar-refractivity contribution in [2.45, 2.75) is 13.3 Å². The minimum atomic E-state index is -2.84. The third kappa shape index (κ3) is 2.14. The predicted octanol–water partition coefficient (Wildman–Crippen LogP) is 1.99. The van der Waals surface area contributed by atoms with Gasteiger partial charge in [0, 0.05) is 0 Å². The van der Waals surface area contributed by atoms with Crippen molar-refractivity contribution < 1.29 is 18.3 Å². The van der Waals surface area contributed by atoms with Gasteiger partial charge in [0.25, 0.3) is 6.43 Å². The van der Waals surface area contributed by atoms with Crippen LogP contribution in [0, 0.1) is 18.3 Å². The zero-order chi connectivity index (χ0) is 12.3. The summed E-state index contributed by atoms with van der Waals surface area (Å²) in [7, 11) is 1.12. The van der Waals surface area contributed by atoms with Gasteiger partial charge in [-0.25, -0.2) is 18.6 Å². The fraction of sp³-hybridized carbons (Fsp3) is 0.300. The zero-order valence-electron chi connectivity index (χ0n) is 8.62. The van der Waals surface area contributed by atoms with Crippen molar-refractivity contribution in [2.24, 2.45) is 0 Å². The minimum Gasteiger partial charge on any atom is -0.464 e. The number of aromatic nitrogens is 1. The number of pyridine rings is 1.